The van der Waals surface area contributed by atoms with Crippen LogP contribution < -0.4 is 5.11 Å². The molecule has 0 aliphatic rings. The number of halogens is 3. The Morgan fingerprint density at radius 2 is 2.00 bits per heavy atom. The molecule has 17 heavy (non-hydrogen) atoms. The van der Waals surface area contributed by atoms with E-state index in [1.807, 2.05) is 0 Å². The molecule has 0 fully saturated rings. The topological polar surface area (TPSA) is 60.4 Å². The third-order valence-corrected chi connectivity index (χ3v) is 4.68. The molecule has 0 aliphatic heterocycles. The lowest BCUT2D eigenvalue weighted by molar-refractivity contribution is -0.311. The number of rotatable bonds is 4. The predicted octanol–water partition coefficient (Wildman–Crippen LogP) is 3.00. The predicted molar refractivity (Wildman–Crippen MR) is 73.7 cm³/mol. The molecule has 1 atom stereocenters. The van der Waals surface area contributed by atoms with Gasteiger partial charge in [0, 0.05) is 16.4 Å². The molecule has 6 heteroatoms. The van der Waals surface area contributed by atoms with Gasteiger partial charge < -0.3 is 15.0 Å². The Hall–Kier alpha value is -0.0700. The maximum absolute atomic E-state index is 10.9. The fourth-order valence-electron chi connectivity index (χ4n) is 1.45. The summed E-state index contributed by atoms with van der Waals surface area (Å²) in [4.78, 5) is 10.9. The van der Waals surface area contributed by atoms with Gasteiger partial charge >= 0.3 is 0 Å². The smallest absolute Gasteiger partial charge is 0.144 e. The van der Waals surface area contributed by atoms with Gasteiger partial charge in [0.2, 0.25) is 0 Å². The quantitative estimate of drug-likeness (QED) is 0.800. The van der Waals surface area contributed by atoms with E-state index < -0.39 is 11.9 Å². The van der Waals surface area contributed by atoms with Crippen LogP contribution in [-0.4, -0.2) is 11.1 Å². The molecule has 1 aromatic carbocycles. The number of aliphatic carboxylic acids is 1. The number of benzene rings is 1. The van der Waals surface area contributed by atoms with Crippen molar-refractivity contribution < 1.29 is 15.0 Å². The van der Waals surface area contributed by atoms with Crippen LogP contribution in [0.4, 0.5) is 0 Å². The van der Waals surface area contributed by atoms with E-state index in [-0.39, 0.29) is 5.75 Å². The molecule has 0 bridgehead atoms. The maximum Gasteiger partial charge on any atom is 0.144 e. The second-order valence-electron chi connectivity index (χ2n) is 3.61. The van der Waals surface area contributed by atoms with Gasteiger partial charge in [0.05, 0.1) is 8.95 Å². The first-order valence-electron chi connectivity index (χ1n) is 4.94. The first kappa shape index (κ1) is 15.0. The Kier molecular flexibility index (Phi) is 5.47. The van der Waals surface area contributed by atoms with Gasteiger partial charge in [0.1, 0.15) is 5.75 Å². The van der Waals surface area contributed by atoms with Crippen LogP contribution in [0.25, 0.3) is 0 Å². The molecule has 0 spiro atoms. The van der Waals surface area contributed by atoms with Gasteiger partial charge in [-0.05, 0) is 56.3 Å². The van der Waals surface area contributed by atoms with Gasteiger partial charge in [-0.1, -0.05) is 22.9 Å². The maximum atomic E-state index is 10.9. The van der Waals surface area contributed by atoms with E-state index in [2.05, 4.69) is 47.8 Å². The second-order valence-corrected chi connectivity index (χ2v) is 6.11. The number of aromatic hydroxyl groups is 1. The van der Waals surface area contributed by atoms with Crippen molar-refractivity contribution in [3.63, 3.8) is 0 Å². The summed E-state index contributed by atoms with van der Waals surface area (Å²) in [6, 6.07) is 1.69. The van der Waals surface area contributed by atoms with Crippen molar-refractivity contribution in [2.45, 2.75) is 19.8 Å². The molecule has 0 aliphatic carbocycles. The monoisotopic (exact) mass is 427 g/mol. The highest BCUT2D eigenvalue weighted by Gasteiger charge is 2.17. The summed E-state index contributed by atoms with van der Waals surface area (Å²) in [6.07, 6.45) is 0.791. The number of carbonyl (C=O) groups excluding carboxylic acids is 1. The largest absolute Gasteiger partial charge is 0.550 e. The van der Waals surface area contributed by atoms with E-state index >= 15 is 0 Å². The van der Waals surface area contributed by atoms with Crippen molar-refractivity contribution in [1.29, 1.82) is 0 Å². The minimum Gasteiger partial charge on any atom is -0.550 e. The highest BCUT2D eigenvalue weighted by Crippen LogP contribution is 2.40. The molecule has 0 saturated carbocycles. The average Bonchev–Trinajstić information content (AvgIpc) is 2.26. The van der Waals surface area contributed by atoms with Crippen LogP contribution in [0.15, 0.2) is 19.5 Å². The summed E-state index contributed by atoms with van der Waals surface area (Å²) in [5, 5.41) is 20.7. The number of carboxylic acid groups (broad SMARTS) is 1. The van der Waals surface area contributed by atoms with Gasteiger partial charge in [-0.3, -0.25) is 0 Å². The van der Waals surface area contributed by atoms with Crippen molar-refractivity contribution >= 4 is 53.8 Å². The Balaban J connectivity index is 3.14. The SMILES string of the molecule is CCC(Cc1c(Br)cc(Br)c(O)c1Br)C(=O)[O-]. The van der Waals surface area contributed by atoms with Gasteiger partial charge in [0.25, 0.3) is 0 Å². The zero-order chi connectivity index (χ0) is 13.2. The first-order chi connectivity index (χ1) is 7.88. The van der Waals surface area contributed by atoms with Crippen LogP contribution in [0.5, 0.6) is 5.75 Å². The number of hydrogen-bond acceptors (Lipinski definition) is 3. The van der Waals surface area contributed by atoms with Crippen molar-refractivity contribution in [2.24, 2.45) is 5.92 Å². The average molecular weight is 430 g/mol. The Labute approximate surface area is 125 Å². The van der Waals surface area contributed by atoms with Crippen molar-refractivity contribution in [3.05, 3.63) is 25.0 Å². The Bertz CT molecular complexity index is 446. The standard InChI is InChI=1S/C11H11Br3O3/c1-2-5(11(16)17)3-6-7(12)4-8(13)10(15)9(6)14/h4-5,15H,2-3H2,1H3,(H,16,17)/p-1. The van der Waals surface area contributed by atoms with Crippen LogP contribution in [0.1, 0.15) is 18.9 Å². The minimum atomic E-state index is -1.08. The molecule has 1 unspecified atom stereocenters. The van der Waals surface area contributed by atoms with Crippen LogP contribution in [0, 0.1) is 5.92 Å². The highest BCUT2D eigenvalue weighted by atomic mass is 79.9. The van der Waals surface area contributed by atoms with Crippen LogP contribution in [-0.2, 0) is 11.2 Å². The molecule has 0 heterocycles. The van der Waals surface area contributed by atoms with Crippen LogP contribution in [0.3, 0.4) is 0 Å². The van der Waals surface area contributed by atoms with E-state index in [0.29, 0.717) is 21.8 Å². The zero-order valence-electron chi connectivity index (χ0n) is 8.97. The molecule has 1 N–H and O–H groups in total. The van der Waals surface area contributed by atoms with Crippen molar-refractivity contribution in [2.75, 3.05) is 0 Å². The van der Waals surface area contributed by atoms with Gasteiger partial charge in [-0.15, -0.1) is 0 Å². The van der Waals surface area contributed by atoms with Crippen molar-refractivity contribution in [3.8, 4) is 5.75 Å². The van der Waals surface area contributed by atoms with Gasteiger partial charge in [-0.2, -0.15) is 0 Å². The van der Waals surface area contributed by atoms with Gasteiger partial charge in [0.15, 0.2) is 0 Å². The summed E-state index contributed by atoms with van der Waals surface area (Å²) in [5.41, 5.74) is 0.724. The Morgan fingerprint density at radius 3 is 2.47 bits per heavy atom. The van der Waals surface area contributed by atoms with E-state index in [9.17, 15) is 15.0 Å². The fraction of sp³-hybridized carbons (Fsp3) is 0.364. The number of phenolic OH excluding ortho intramolecular Hbond substituents is 1. The van der Waals surface area contributed by atoms with E-state index in [1.165, 1.54) is 0 Å². The summed E-state index contributed by atoms with van der Waals surface area (Å²) in [5.74, 6) is -1.58. The molecule has 0 saturated heterocycles. The lowest BCUT2D eigenvalue weighted by Crippen LogP contribution is -2.32. The molecule has 1 aromatic rings. The summed E-state index contributed by atoms with van der Waals surface area (Å²) < 4.78 is 1.79. The van der Waals surface area contributed by atoms with Crippen molar-refractivity contribution in [1.82, 2.24) is 0 Å². The molecule has 1 rings (SSSR count). The second kappa shape index (κ2) is 6.20. The molecule has 0 radical (unpaired) electrons. The summed E-state index contributed by atoms with van der Waals surface area (Å²) >= 11 is 9.82. The normalized spacial score (nSPS) is 12.5. The molecular formula is C11H10Br3O3-. The van der Waals surface area contributed by atoms with E-state index in [4.69, 9.17) is 0 Å². The third-order valence-electron chi connectivity index (χ3n) is 2.52. The number of hydrogen-bond donors (Lipinski definition) is 1. The third kappa shape index (κ3) is 3.45. The molecular weight excluding hydrogens is 420 g/mol. The highest BCUT2D eigenvalue weighted by molar-refractivity contribution is 9.11. The van der Waals surface area contributed by atoms with E-state index in [0.717, 1.165) is 10.0 Å². The lowest BCUT2D eigenvalue weighted by atomic mass is 9.97. The number of phenols is 1. The number of carboxylic acids is 1. The summed E-state index contributed by atoms with van der Waals surface area (Å²) in [6.45, 7) is 1.79. The fourth-order valence-corrected chi connectivity index (χ4v) is 3.89. The summed E-state index contributed by atoms with van der Waals surface area (Å²) in [7, 11) is 0. The molecule has 0 amide bonds. The van der Waals surface area contributed by atoms with E-state index in [1.54, 1.807) is 13.0 Å². The molecule has 3 nitrogen and oxygen atoms in total. The molecule has 0 aromatic heterocycles. The lowest BCUT2D eigenvalue weighted by Gasteiger charge is -2.18. The van der Waals surface area contributed by atoms with Crippen LogP contribution in [0.2, 0.25) is 0 Å². The zero-order valence-corrected chi connectivity index (χ0v) is 13.7. The molecule has 94 valence electrons. The minimum absolute atomic E-state index is 0.0661. The first-order valence-corrected chi connectivity index (χ1v) is 7.32. The van der Waals surface area contributed by atoms with Crippen LogP contribution >= 0.6 is 47.8 Å². The van der Waals surface area contributed by atoms with Gasteiger partial charge in [-0.25, -0.2) is 0 Å². The number of carbonyl (C=O) groups is 1. The Morgan fingerprint density at radius 1 is 1.41 bits per heavy atom.